The molecule has 32 heavy (non-hydrogen) atoms. The minimum Gasteiger partial charge on any atom is -0.497 e. The monoisotopic (exact) mass is 431 g/mol. The van der Waals surface area contributed by atoms with Crippen LogP contribution >= 0.6 is 0 Å². The van der Waals surface area contributed by atoms with Crippen LogP contribution in [0.2, 0.25) is 0 Å². The van der Waals surface area contributed by atoms with Crippen LogP contribution in [0, 0.1) is 0 Å². The van der Waals surface area contributed by atoms with Crippen LogP contribution in [-0.4, -0.2) is 52.4 Å². The van der Waals surface area contributed by atoms with Crippen molar-refractivity contribution in [2.24, 2.45) is 0 Å². The molecule has 5 nitrogen and oxygen atoms in total. The number of methoxy groups -OCH3 is 1. The van der Waals surface area contributed by atoms with Gasteiger partial charge in [0.1, 0.15) is 5.75 Å². The number of anilines is 3. The maximum Gasteiger partial charge on any atom is 0.119 e. The molecule has 5 heteroatoms. The molecule has 0 bridgehead atoms. The van der Waals surface area contributed by atoms with Crippen LogP contribution in [0.25, 0.3) is 0 Å². The molecule has 1 aliphatic heterocycles. The minimum absolute atomic E-state index is 0.765. The van der Waals surface area contributed by atoms with Gasteiger partial charge in [0.25, 0.3) is 0 Å². The van der Waals surface area contributed by atoms with Crippen molar-refractivity contribution in [2.75, 3.05) is 57.3 Å². The minimum atomic E-state index is 0.765. The highest BCUT2D eigenvalue weighted by atomic mass is 16.5. The van der Waals surface area contributed by atoms with Crippen molar-refractivity contribution in [3.8, 4) is 5.75 Å². The van der Waals surface area contributed by atoms with E-state index in [0.717, 1.165) is 45.1 Å². The Kier molecular flexibility index (Phi) is 7.30. The summed E-state index contributed by atoms with van der Waals surface area (Å²) in [6.07, 6.45) is 0. The molecule has 1 heterocycles. The van der Waals surface area contributed by atoms with Crippen molar-refractivity contribution < 1.29 is 9.47 Å². The van der Waals surface area contributed by atoms with Gasteiger partial charge in [0.05, 0.1) is 20.3 Å². The highest BCUT2D eigenvalue weighted by molar-refractivity contribution is 5.66. The first kappa shape index (κ1) is 22.2. The van der Waals surface area contributed by atoms with E-state index in [1.54, 1.807) is 7.11 Å². The molecule has 0 N–H and O–H groups in total. The summed E-state index contributed by atoms with van der Waals surface area (Å²) >= 11 is 0. The second-order valence-electron chi connectivity index (χ2n) is 8.46. The maximum atomic E-state index is 5.50. The molecule has 0 aliphatic carbocycles. The van der Waals surface area contributed by atoms with E-state index in [4.69, 9.17) is 9.47 Å². The van der Waals surface area contributed by atoms with Gasteiger partial charge < -0.3 is 24.2 Å². The molecular formula is C27H33N3O2. The van der Waals surface area contributed by atoms with Crippen LogP contribution in [0.1, 0.15) is 11.1 Å². The highest BCUT2D eigenvalue weighted by Gasteiger charge is 2.14. The van der Waals surface area contributed by atoms with Crippen molar-refractivity contribution in [1.82, 2.24) is 4.90 Å². The number of morpholine rings is 1. The van der Waals surface area contributed by atoms with Crippen molar-refractivity contribution in [3.05, 3.63) is 83.9 Å². The Hall–Kier alpha value is -3.02. The Morgan fingerprint density at radius 2 is 1.47 bits per heavy atom. The Bertz CT molecular complexity index is 981. The smallest absolute Gasteiger partial charge is 0.119 e. The SMILES string of the molecule is COc1cccc(CN(c2ccc(CN(C)C)cc2)c2ccc(N3CCOCC3)cc2)c1. The lowest BCUT2D eigenvalue weighted by atomic mass is 10.1. The molecule has 0 saturated carbocycles. The summed E-state index contributed by atoms with van der Waals surface area (Å²) < 4.78 is 10.9. The van der Waals surface area contributed by atoms with Crippen LogP contribution in [0.3, 0.4) is 0 Å². The molecule has 3 aromatic carbocycles. The number of ether oxygens (including phenoxy) is 2. The average Bonchev–Trinajstić information content (AvgIpc) is 2.84. The van der Waals surface area contributed by atoms with Crippen molar-refractivity contribution in [3.63, 3.8) is 0 Å². The van der Waals surface area contributed by atoms with Crippen molar-refractivity contribution in [2.45, 2.75) is 13.1 Å². The zero-order valence-electron chi connectivity index (χ0n) is 19.3. The molecule has 0 unspecified atom stereocenters. The van der Waals surface area contributed by atoms with Crippen LogP contribution in [0.15, 0.2) is 72.8 Å². The zero-order valence-corrected chi connectivity index (χ0v) is 19.3. The van der Waals surface area contributed by atoms with Crippen LogP contribution < -0.4 is 14.5 Å². The fourth-order valence-corrected chi connectivity index (χ4v) is 4.10. The summed E-state index contributed by atoms with van der Waals surface area (Å²) in [6, 6.07) is 26.1. The van der Waals surface area contributed by atoms with Gasteiger partial charge >= 0.3 is 0 Å². The van der Waals surface area contributed by atoms with Gasteiger partial charge in [0.15, 0.2) is 0 Å². The number of hydrogen-bond acceptors (Lipinski definition) is 5. The largest absolute Gasteiger partial charge is 0.497 e. The first-order valence-corrected chi connectivity index (χ1v) is 11.2. The topological polar surface area (TPSA) is 28.2 Å². The Balaban J connectivity index is 1.62. The summed E-state index contributed by atoms with van der Waals surface area (Å²) in [5.74, 6) is 0.881. The molecule has 0 aromatic heterocycles. The Morgan fingerprint density at radius 1 is 0.812 bits per heavy atom. The standard InChI is InChI=1S/C27H33N3O2/c1-28(2)20-22-7-9-25(10-8-22)30(21-23-5-4-6-27(19-23)31-3)26-13-11-24(12-14-26)29-15-17-32-18-16-29/h4-14,19H,15-18,20-21H2,1-3H3. The quantitative estimate of drug-likeness (QED) is 0.504. The van der Waals surface area contributed by atoms with Crippen LogP contribution in [0.4, 0.5) is 17.1 Å². The van der Waals surface area contributed by atoms with Gasteiger partial charge in [0, 0.05) is 43.2 Å². The molecule has 0 atom stereocenters. The molecular weight excluding hydrogens is 398 g/mol. The van der Waals surface area contributed by atoms with E-state index in [0.29, 0.717) is 0 Å². The predicted molar refractivity (Wildman–Crippen MR) is 132 cm³/mol. The molecule has 1 saturated heterocycles. The highest BCUT2D eigenvalue weighted by Crippen LogP contribution is 2.30. The van der Waals surface area contributed by atoms with E-state index in [1.807, 2.05) is 12.1 Å². The second kappa shape index (κ2) is 10.5. The first-order chi connectivity index (χ1) is 15.6. The van der Waals surface area contributed by atoms with Gasteiger partial charge in [-0.3, -0.25) is 0 Å². The average molecular weight is 432 g/mol. The summed E-state index contributed by atoms with van der Waals surface area (Å²) in [7, 11) is 5.91. The lowest BCUT2D eigenvalue weighted by Gasteiger charge is -2.30. The summed E-state index contributed by atoms with van der Waals surface area (Å²) in [6.45, 7) is 5.18. The van der Waals surface area contributed by atoms with Gasteiger partial charge in [-0.1, -0.05) is 24.3 Å². The number of hydrogen-bond donors (Lipinski definition) is 0. The van der Waals surface area contributed by atoms with E-state index in [-0.39, 0.29) is 0 Å². The molecule has 0 spiro atoms. The molecule has 168 valence electrons. The maximum absolute atomic E-state index is 5.50. The first-order valence-electron chi connectivity index (χ1n) is 11.2. The normalized spacial score (nSPS) is 13.9. The molecule has 1 aliphatic rings. The van der Waals surface area contributed by atoms with Crippen molar-refractivity contribution in [1.29, 1.82) is 0 Å². The molecule has 1 fully saturated rings. The summed E-state index contributed by atoms with van der Waals surface area (Å²) in [4.78, 5) is 6.93. The lowest BCUT2D eigenvalue weighted by Crippen LogP contribution is -2.36. The molecule has 4 rings (SSSR count). The van der Waals surface area contributed by atoms with Crippen LogP contribution in [-0.2, 0) is 17.8 Å². The number of rotatable bonds is 8. The van der Waals surface area contributed by atoms with Gasteiger partial charge in [-0.2, -0.15) is 0 Å². The fraction of sp³-hybridized carbons (Fsp3) is 0.333. The fourth-order valence-electron chi connectivity index (χ4n) is 4.10. The van der Waals surface area contributed by atoms with E-state index < -0.39 is 0 Å². The molecule has 0 radical (unpaired) electrons. The summed E-state index contributed by atoms with van der Waals surface area (Å²) in [5.41, 5.74) is 6.11. The Morgan fingerprint density at radius 3 is 2.09 bits per heavy atom. The number of nitrogens with zero attached hydrogens (tertiary/aromatic N) is 3. The van der Waals surface area contributed by atoms with E-state index in [2.05, 4.69) is 89.5 Å². The molecule has 3 aromatic rings. The van der Waals surface area contributed by atoms with Crippen molar-refractivity contribution >= 4 is 17.1 Å². The third kappa shape index (κ3) is 5.61. The predicted octanol–water partition coefficient (Wildman–Crippen LogP) is 4.93. The lowest BCUT2D eigenvalue weighted by molar-refractivity contribution is 0.122. The van der Waals surface area contributed by atoms with E-state index >= 15 is 0 Å². The Labute approximate surface area is 191 Å². The van der Waals surface area contributed by atoms with Gasteiger partial charge in [-0.05, 0) is 73.8 Å². The molecule has 0 amide bonds. The van der Waals surface area contributed by atoms with Gasteiger partial charge in [-0.15, -0.1) is 0 Å². The van der Waals surface area contributed by atoms with Crippen LogP contribution in [0.5, 0.6) is 5.75 Å². The van der Waals surface area contributed by atoms with E-state index in [9.17, 15) is 0 Å². The third-order valence-corrected chi connectivity index (χ3v) is 5.76. The number of benzene rings is 3. The zero-order chi connectivity index (χ0) is 22.3. The third-order valence-electron chi connectivity index (χ3n) is 5.76. The van der Waals surface area contributed by atoms with Gasteiger partial charge in [0.2, 0.25) is 0 Å². The summed E-state index contributed by atoms with van der Waals surface area (Å²) in [5, 5.41) is 0. The van der Waals surface area contributed by atoms with Gasteiger partial charge in [-0.25, -0.2) is 0 Å². The van der Waals surface area contributed by atoms with E-state index in [1.165, 1.54) is 28.2 Å². The second-order valence-corrected chi connectivity index (χ2v) is 8.46.